The Labute approximate surface area is 261 Å². The Morgan fingerprint density at radius 1 is 1.11 bits per heavy atom. The van der Waals surface area contributed by atoms with Gasteiger partial charge in [0.25, 0.3) is 0 Å². The first kappa shape index (κ1) is 33.6. The maximum Gasteiger partial charge on any atom is 0.247 e. The standard InChI is InChI=1S/C34H50N4O6/c1-23(44-33(3,4)5)29(35-24(2)39)31(41)38-18-14-27-26(22-38)13-9-10-15-34(16-19-43-20-17-34)32(42)37-28(30(40)36-27)21-25-11-7-6-8-12-25/h6-12,23,26-29H,13-22H2,1-5H3,(H,35,39)(H,36,40)(H,37,42)/b10-9+/t23-,26+,27+,28+,29+/m1/s1. The first-order valence-electron chi connectivity index (χ1n) is 16.0. The number of piperidine rings is 1. The van der Waals surface area contributed by atoms with Crippen LogP contribution in [0, 0.1) is 11.3 Å². The molecule has 4 amide bonds. The molecule has 3 aliphatic heterocycles. The molecule has 4 rings (SSSR count). The van der Waals surface area contributed by atoms with Crippen LogP contribution in [0.25, 0.3) is 0 Å². The summed E-state index contributed by atoms with van der Waals surface area (Å²) in [6.07, 6.45) is 6.97. The highest BCUT2D eigenvalue weighted by atomic mass is 16.5. The van der Waals surface area contributed by atoms with Gasteiger partial charge in [0.15, 0.2) is 0 Å². The number of rotatable bonds is 6. The Hall–Kier alpha value is -3.24. The summed E-state index contributed by atoms with van der Waals surface area (Å²) >= 11 is 0. The van der Waals surface area contributed by atoms with Crippen molar-refractivity contribution >= 4 is 23.6 Å². The lowest BCUT2D eigenvalue weighted by atomic mass is 9.75. The molecule has 3 heterocycles. The number of amides is 4. The van der Waals surface area contributed by atoms with E-state index >= 15 is 0 Å². The quantitative estimate of drug-likeness (QED) is 0.426. The minimum Gasteiger partial charge on any atom is -0.381 e. The fraction of sp³-hybridized carbons (Fsp3) is 0.647. The smallest absolute Gasteiger partial charge is 0.247 e. The molecule has 1 aromatic carbocycles. The number of ether oxygens (including phenoxy) is 2. The third kappa shape index (κ3) is 8.91. The molecule has 0 saturated carbocycles. The molecule has 2 fully saturated rings. The monoisotopic (exact) mass is 610 g/mol. The number of nitrogens with one attached hydrogen (secondary N) is 3. The number of carbonyl (C=O) groups is 4. The maximum atomic E-state index is 13.9. The molecule has 5 atom stereocenters. The van der Waals surface area contributed by atoms with Crippen LogP contribution in [-0.4, -0.2) is 84.7 Å². The maximum absolute atomic E-state index is 13.9. The lowest BCUT2D eigenvalue weighted by Gasteiger charge is -2.42. The van der Waals surface area contributed by atoms with Crippen LogP contribution >= 0.6 is 0 Å². The Morgan fingerprint density at radius 2 is 1.82 bits per heavy atom. The van der Waals surface area contributed by atoms with E-state index in [0.29, 0.717) is 64.8 Å². The molecule has 3 N–H and O–H groups in total. The van der Waals surface area contributed by atoms with Crippen LogP contribution in [0.3, 0.4) is 0 Å². The summed E-state index contributed by atoms with van der Waals surface area (Å²) in [5.74, 6) is -0.839. The summed E-state index contributed by atoms with van der Waals surface area (Å²) in [5.41, 5.74) is -0.153. The van der Waals surface area contributed by atoms with Crippen LogP contribution in [0.2, 0.25) is 0 Å². The van der Waals surface area contributed by atoms with E-state index in [1.165, 1.54) is 6.92 Å². The van der Waals surface area contributed by atoms with E-state index in [9.17, 15) is 19.2 Å². The third-order valence-corrected chi connectivity index (χ3v) is 8.96. The van der Waals surface area contributed by atoms with Gasteiger partial charge in [0.05, 0.1) is 17.1 Å². The predicted molar refractivity (Wildman–Crippen MR) is 167 cm³/mol. The molecular formula is C34H50N4O6. The van der Waals surface area contributed by atoms with Gasteiger partial charge in [-0.3, -0.25) is 19.2 Å². The van der Waals surface area contributed by atoms with E-state index in [0.717, 1.165) is 5.56 Å². The second-order valence-corrected chi connectivity index (χ2v) is 13.6. The van der Waals surface area contributed by atoms with Gasteiger partial charge >= 0.3 is 0 Å². The summed E-state index contributed by atoms with van der Waals surface area (Å²) in [4.78, 5) is 55.3. The summed E-state index contributed by atoms with van der Waals surface area (Å²) in [6.45, 7) is 10.8. The zero-order chi connectivity index (χ0) is 31.9. The van der Waals surface area contributed by atoms with E-state index in [1.54, 1.807) is 4.90 Å². The number of hydrogen-bond acceptors (Lipinski definition) is 6. The average Bonchev–Trinajstić information content (AvgIpc) is 2.97. The number of fused-ring (bicyclic) bond motifs is 1. The minimum absolute atomic E-state index is 0.0390. The van der Waals surface area contributed by atoms with Crippen molar-refractivity contribution in [3.63, 3.8) is 0 Å². The Balaban J connectivity index is 1.57. The van der Waals surface area contributed by atoms with Crippen molar-refractivity contribution < 1.29 is 28.7 Å². The van der Waals surface area contributed by atoms with Crippen LogP contribution in [0.1, 0.15) is 72.3 Å². The normalized spacial score (nSPS) is 26.6. The lowest BCUT2D eigenvalue weighted by Crippen LogP contribution is -2.61. The number of benzene rings is 1. The number of nitrogens with zero attached hydrogens (tertiary/aromatic N) is 1. The molecule has 3 aliphatic rings. The zero-order valence-electron chi connectivity index (χ0n) is 26.9. The molecule has 0 aliphatic carbocycles. The van der Waals surface area contributed by atoms with Crippen molar-refractivity contribution in [3.05, 3.63) is 48.0 Å². The number of allylic oxidation sites excluding steroid dienone is 2. The van der Waals surface area contributed by atoms with Crippen molar-refractivity contribution in [3.8, 4) is 0 Å². The molecule has 242 valence electrons. The van der Waals surface area contributed by atoms with E-state index < -0.39 is 29.2 Å². The van der Waals surface area contributed by atoms with Gasteiger partial charge in [0.1, 0.15) is 12.1 Å². The summed E-state index contributed by atoms with van der Waals surface area (Å²) < 4.78 is 11.7. The highest BCUT2D eigenvalue weighted by molar-refractivity contribution is 5.91. The van der Waals surface area contributed by atoms with E-state index in [1.807, 2.05) is 58.0 Å². The summed E-state index contributed by atoms with van der Waals surface area (Å²) in [7, 11) is 0. The van der Waals surface area contributed by atoms with Crippen molar-refractivity contribution in [2.45, 2.75) is 103 Å². The van der Waals surface area contributed by atoms with Gasteiger partial charge in [0.2, 0.25) is 23.6 Å². The van der Waals surface area contributed by atoms with Crippen molar-refractivity contribution in [2.75, 3.05) is 26.3 Å². The summed E-state index contributed by atoms with van der Waals surface area (Å²) in [6, 6.07) is 7.99. The fourth-order valence-corrected chi connectivity index (χ4v) is 6.60. The van der Waals surface area contributed by atoms with E-state index in [2.05, 4.69) is 28.1 Å². The van der Waals surface area contributed by atoms with Gasteiger partial charge in [-0.1, -0.05) is 42.5 Å². The number of hydrogen-bond donors (Lipinski definition) is 3. The Morgan fingerprint density at radius 3 is 2.48 bits per heavy atom. The first-order valence-corrected chi connectivity index (χ1v) is 16.0. The van der Waals surface area contributed by atoms with Crippen LogP contribution < -0.4 is 16.0 Å². The number of likely N-dealkylation sites (tertiary alicyclic amines) is 1. The molecule has 0 bridgehead atoms. The predicted octanol–water partition coefficient (Wildman–Crippen LogP) is 2.90. The molecule has 0 unspecified atom stereocenters. The topological polar surface area (TPSA) is 126 Å². The van der Waals surface area contributed by atoms with Gasteiger partial charge in [0, 0.05) is 51.6 Å². The Bertz CT molecular complexity index is 1190. The lowest BCUT2D eigenvalue weighted by molar-refractivity contribution is -0.146. The van der Waals surface area contributed by atoms with Crippen LogP contribution in [0.5, 0.6) is 0 Å². The van der Waals surface area contributed by atoms with Gasteiger partial charge in [-0.25, -0.2) is 0 Å². The molecule has 0 aromatic heterocycles. The highest BCUT2D eigenvalue weighted by Gasteiger charge is 2.42. The van der Waals surface area contributed by atoms with E-state index in [4.69, 9.17) is 9.47 Å². The van der Waals surface area contributed by atoms with Gasteiger partial charge in [-0.05, 0) is 65.4 Å². The Kier molecular flexibility index (Phi) is 11.2. The van der Waals surface area contributed by atoms with Gasteiger partial charge in [-0.2, -0.15) is 0 Å². The van der Waals surface area contributed by atoms with Crippen LogP contribution in [-0.2, 0) is 35.1 Å². The highest BCUT2D eigenvalue weighted by Crippen LogP contribution is 2.36. The van der Waals surface area contributed by atoms with E-state index in [-0.39, 0.29) is 35.6 Å². The average molecular weight is 611 g/mol. The second-order valence-electron chi connectivity index (χ2n) is 13.6. The van der Waals surface area contributed by atoms with Crippen LogP contribution in [0.4, 0.5) is 0 Å². The molecule has 10 nitrogen and oxygen atoms in total. The molecule has 44 heavy (non-hydrogen) atoms. The first-order chi connectivity index (χ1) is 20.9. The van der Waals surface area contributed by atoms with Gasteiger partial charge < -0.3 is 30.3 Å². The van der Waals surface area contributed by atoms with Crippen molar-refractivity contribution in [1.82, 2.24) is 20.9 Å². The molecule has 1 aromatic rings. The third-order valence-electron chi connectivity index (χ3n) is 8.96. The largest absolute Gasteiger partial charge is 0.381 e. The molecule has 2 saturated heterocycles. The van der Waals surface area contributed by atoms with Crippen LogP contribution in [0.15, 0.2) is 42.5 Å². The molecular weight excluding hydrogens is 560 g/mol. The number of carbonyl (C=O) groups excluding carboxylic acids is 4. The SMILES string of the molecule is CC(=O)N[C@H](C(=O)N1CC[C@@H]2NC(=O)[C@H](Cc3ccccc3)NC(=O)C3(C/C=C/C[C@H]2C1)CCOCC3)[C@@H](C)OC(C)(C)C. The molecule has 10 heteroatoms. The second kappa shape index (κ2) is 14.7. The molecule has 0 radical (unpaired) electrons. The van der Waals surface area contributed by atoms with Crippen molar-refractivity contribution in [1.29, 1.82) is 0 Å². The zero-order valence-corrected chi connectivity index (χ0v) is 26.9. The summed E-state index contributed by atoms with van der Waals surface area (Å²) in [5, 5.41) is 9.18. The molecule has 1 spiro atoms. The fourth-order valence-electron chi connectivity index (χ4n) is 6.60. The van der Waals surface area contributed by atoms with Gasteiger partial charge in [-0.15, -0.1) is 0 Å². The minimum atomic E-state index is -0.821. The van der Waals surface area contributed by atoms with Crippen molar-refractivity contribution in [2.24, 2.45) is 11.3 Å².